The molecule has 0 aliphatic carbocycles. The molecule has 2 rings (SSSR count). The van der Waals surface area contributed by atoms with Crippen LogP contribution in [0, 0.1) is 0 Å². The van der Waals surface area contributed by atoms with E-state index in [9.17, 15) is 0 Å². The first-order valence-corrected chi connectivity index (χ1v) is 8.86. The third kappa shape index (κ3) is 5.61. The average Bonchev–Trinajstić information content (AvgIpc) is 3.04. The molecule has 0 saturated carbocycles. The van der Waals surface area contributed by atoms with Crippen LogP contribution in [0.2, 0.25) is 0 Å². The standard InChI is InChI=1S/C19H32N4O2/c1-19(10-7-11-25-19)14-22-18(20-2)21-13-17(23(3)4)15-8-6-9-16(12-15)24-5/h6,8-9,12,17H,7,10-11,13-14H2,1-5H3,(H2,20,21,22). The van der Waals surface area contributed by atoms with Gasteiger partial charge in [0.2, 0.25) is 0 Å². The third-order valence-electron chi connectivity index (χ3n) is 4.72. The van der Waals surface area contributed by atoms with Crippen LogP contribution in [0.1, 0.15) is 31.4 Å². The molecule has 2 N–H and O–H groups in total. The van der Waals surface area contributed by atoms with Crippen LogP contribution < -0.4 is 15.4 Å². The first-order chi connectivity index (χ1) is 12.0. The summed E-state index contributed by atoms with van der Waals surface area (Å²) >= 11 is 0. The van der Waals surface area contributed by atoms with Gasteiger partial charge in [-0.15, -0.1) is 0 Å². The minimum Gasteiger partial charge on any atom is -0.497 e. The molecular weight excluding hydrogens is 316 g/mol. The van der Waals surface area contributed by atoms with Gasteiger partial charge in [-0.05, 0) is 51.6 Å². The summed E-state index contributed by atoms with van der Waals surface area (Å²) in [5, 5.41) is 6.82. The average molecular weight is 348 g/mol. The van der Waals surface area contributed by atoms with Gasteiger partial charge in [0.05, 0.1) is 18.8 Å². The molecule has 25 heavy (non-hydrogen) atoms. The maximum absolute atomic E-state index is 5.83. The molecule has 1 saturated heterocycles. The van der Waals surface area contributed by atoms with Crippen LogP contribution in [0.25, 0.3) is 0 Å². The number of guanidine groups is 1. The number of nitrogens with one attached hydrogen (secondary N) is 2. The molecule has 2 unspecified atom stereocenters. The van der Waals surface area contributed by atoms with E-state index in [0.29, 0.717) is 0 Å². The van der Waals surface area contributed by atoms with Gasteiger partial charge in [-0.2, -0.15) is 0 Å². The van der Waals surface area contributed by atoms with Crippen LogP contribution in [-0.2, 0) is 4.74 Å². The predicted molar refractivity (Wildman–Crippen MR) is 102 cm³/mol. The highest BCUT2D eigenvalue weighted by Gasteiger charge is 2.29. The minimum atomic E-state index is -0.0919. The fraction of sp³-hybridized carbons (Fsp3) is 0.632. The van der Waals surface area contributed by atoms with Gasteiger partial charge in [-0.3, -0.25) is 4.99 Å². The summed E-state index contributed by atoms with van der Waals surface area (Å²) in [6.07, 6.45) is 2.21. The zero-order valence-corrected chi connectivity index (χ0v) is 16.1. The number of rotatable bonds is 7. The molecule has 2 atom stereocenters. The van der Waals surface area contributed by atoms with Crippen LogP contribution in [0.15, 0.2) is 29.3 Å². The Balaban J connectivity index is 1.94. The number of hydrogen-bond donors (Lipinski definition) is 2. The number of methoxy groups -OCH3 is 1. The Morgan fingerprint density at radius 1 is 1.40 bits per heavy atom. The van der Waals surface area contributed by atoms with Crippen molar-refractivity contribution in [2.75, 3.05) is 47.9 Å². The topological polar surface area (TPSA) is 58.1 Å². The Morgan fingerprint density at radius 2 is 2.20 bits per heavy atom. The normalized spacial score (nSPS) is 22.1. The van der Waals surface area contributed by atoms with E-state index in [0.717, 1.165) is 44.2 Å². The molecule has 0 radical (unpaired) electrons. The molecule has 1 aromatic carbocycles. The van der Waals surface area contributed by atoms with E-state index in [2.05, 4.69) is 53.7 Å². The molecule has 140 valence electrons. The molecular formula is C19H32N4O2. The Labute approximate surface area is 151 Å². The van der Waals surface area contributed by atoms with Gasteiger partial charge in [-0.25, -0.2) is 0 Å². The fourth-order valence-corrected chi connectivity index (χ4v) is 3.11. The summed E-state index contributed by atoms with van der Waals surface area (Å²) in [6, 6.07) is 8.41. The number of hydrogen-bond acceptors (Lipinski definition) is 4. The number of benzene rings is 1. The minimum absolute atomic E-state index is 0.0919. The number of ether oxygens (including phenoxy) is 2. The van der Waals surface area contributed by atoms with Gasteiger partial charge in [0.1, 0.15) is 5.75 Å². The summed E-state index contributed by atoms with van der Waals surface area (Å²) in [5.41, 5.74) is 1.11. The predicted octanol–water partition coefficient (Wildman–Crippen LogP) is 2.03. The van der Waals surface area contributed by atoms with Crippen LogP contribution in [0.4, 0.5) is 0 Å². The van der Waals surface area contributed by atoms with Crippen molar-refractivity contribution in [2.45, 2.75) is 31.4 Å². The van der Waals surface area contributed by atoms with E-state index in [4.69, 9.17) is 9.47 Å². The number of nitrogens with zero attached hydrogens (tertiary/aromatic N) is 2. The molecule has 1 heterocycles. The molecule has 1 aliphatic heterocycles. The zero-order valence-electron chi connectivity index (χ0n) is 16.1. The maximum Gasteiger partial charge on any atom is 0.191 e. The van der Waals surface area contributed by atoms with Crippen molar-refractivity contribution in [1.29, 1.82) is 0 Å². The quantitative estimate of drug-likeness (QED) is 0.583. The van der Waals surface area contributed by atoms with Gasteiger partial charge in [0.15, 0.2) is 5.96 Å². The molecule has 1 fully saturated rings. The number of aliphatic imine (C=N–C) groups is 1. The lowest BCUT2D eigenvalue weighted by molar-refractivity contribution is 0.0242. The van der Waals surface area contributed by atoms with Crippen molar-refractivity contribution >= 4 is 5.96 Å². The first-order valence-electron chi connectivity index (χ1n) is 8.86. The summed E-state index contributed by atoms with van der Waals surface area (Å²) in [5.74, 6) is 1.67. The fourth-order valence-electron chi connectivity index (χ4n) is 3.11. The molecule has 0 amide bonds. The molecule has 0 bridgehead atoms. The van der Waals surface area contributed by atoms with Crippen molar-refractivity contribution in [3.8, 4) is 5.75 Å². The largest absolute Gasteiger partial charge is 0.497 e. The molecule has 1 aromatic rings. The first kappa shape index (κ1) is 19.5. The van der Waals surface area contributed by atoms with Crippen LogP contribution >= 0.6 is 0 Å². The van der Waals surface area contributed by atoms with Gasteiger partial charge < -0.3 is 25.0 Å². The van der Waals surface area contributed by atoms with Gasteiger partial charge >= 0.3 is 0 Å². The Kier molecular flexibility index (Phi) is 7.08. The third-order valence-corrected chi connectivity index (χ3v) is 4.72. The Hall–Kier alpha value is -1.79. The molecule has 0 aromatic heterocycles. The van der Waals surface area contributed by atoms with Crippen LogP contribution in [-0.4, -0.2) is 64.4 Å². The summed E-state index contributed by atoms with van der Waals surface area (Å²) < 4.78 is 11.2. The Bertz CT molecular complexity index is 568. The summed E-state index contributed by atoms with van der Waals surface area (Å²) in [7, 11) is 7.65. The monoisotopic (exact) mass is 348 g/mol. The van der Waals surface area contributed by atoms with Crippen molar-refractivity contribution in [1.82, 2.24) is 15.5 Å². The second kappa shape index (κ2) is 9.06. The lowest BCUT2D eigenvalue weighted by atomic mass is 10.0. The highest BCUT2D eigenvalue weighted by atomic mass is 16.5. The van der Waals surface area contributed by atoms with E-state index in [1.807, 2.05) is 12.1 Å². The molecule has 1 aliphatic rings. The van der Waals surface area contributed by atoms with Crippen molar-refractivity contribution in [3.63, 3.8) is 0 Å². The van der Waals surface area contributed by atoms with Gasteiger partial charge in [0, 0.05) is 26.7 Å². The highest BCUT2D eigenvalue weighted by molar-refractivity contribution is 5.79. The van der Waals surface area contributed by atoms with Crippen LogP contribution in [0.3, 0.4) is 0 Å². The van der Waals surface area contributed by atoms with E-state index >= 15 is 0 Å². The molecule has 6 heteroatoms. The molecule has 6 nitrogen and oxygen atoms in total. The van der Waals surface area contributed by atoms with Crippen molar-refractivity contribution in [3.05, 3.63) is 29.8 Å². The summed E-state index contributed by atoms with van der Waals surface area (Å²) in [4.78, 5) is 6.53. The van der Waals surface area contributed by atoms with Crippen LogP contribution in [0.5, 0.6) is 5.75 Å². The van der Waals surface area contributed by atoms with Gasteiger partial charge in [-0.1, -0.05) is 12.1 Å². The van der Waals surface area contributed by atoms with Crippen molar-refractivity contribution < 1.29 is 9.47 Å². The lowest BCUT2D eigenvalue weighted by Crippen LogP contribution is -2.47. The van der Waals surface area contributed by atoms with Crippen molar-refractivity contribution in [2.24, 2.45) is 4.99 Å². The van der Waals surface area contributed by atoms with Gasteiger partial charge in [0.25, 0.3) is 0 Å². The van der Waals surface area contributed by atoms with E-state index in [1.54, 1.807) is 14.2 Å². The maximum atomic E-state index is 5.83. The highest BCUT2D eigenvalue weighted by Crippen LogP contribution is 2.24. The second-order valence-electron chi connectivity index (χ2n) is 6.96. The smallest absolute Gasteiger partial charge is 0.191 e. The van der Waals surface area contributed by atoms with E-state index < -0.39 is 0 Å². The number of likely N-dealkylation sites (N-methyl/N-ethyl adjacent to an activating group) is 1. The zero-order chi connectivity index (χ0) is 18.3. The summed E-state index contributed by atoms with van der Waals surface area (Å²) in [6.45, 7) is 4.51. The van der Waals surface area contributed by atoms with E-state index in [1.165, 1.54) is 5.56 Å². The lowest BCUT2D eigenvalue weighted by Gasteiger charge is -2.28. The Morgan fingerprint density at radius 3 is 2.80 bits per heavy atom. The SMILES string of the molecule is CN=C(NCC(c1cccc(OC)c1)N(C)C)NCC1(C)CCCO1. The van der Waals surface area contributed by atoms with E-state index in [-0.39, 0.29) is 11.6 Å². The molecule has 0 spiro atoms. The second-order valence-corrected chi connectivity index (χ2v) is 6.96.